The van der Waals surface area contributed by atoms with Gasteiger partial charge in [0.15, 0.2) is 0 Å². The molecule has 130 valence electrons. The molecule has 1 aliphatic carbocycles. The van der Waals surface area contributed by atoms with E-state index in [9.17, 15) is 0 Å². The molecule has 2 aliphatic rings. The fourth-order valence-corrected chi connectivity index (χ4v) is 4.26. The van der Waals surface area contributed by atoms with Crippen LogP contribution in [0.3, 0.4) is 0 Å². The maximum atomic E-state index is 5.93. The highest BCUT2D eigenvalue weighted by Crippen LogP contribution is 2.50. The zero-order valence-corrected chi connectivity index (χ0v) is 16.1. The molecule has 0 spiro atoms. The van der Waals surface area contributed by atoms with Gasteiger partial charge in [-0.25, -0.2) is 0 Å². The average molecular weight is 398 g/mol. The molecule has 1 N–H and O–H groups in total. The van der Waals surface area contributed by atoms with Gasteiger partial charge in [-0.2, -0.15) is 0 Å². The van der Waals surface area contributed by atoms with Crippen LogP contribution in [0.1, 0.15) is 49.3 Å². The number of ether oxygens (including phenoxy) is 1. The second kappa shape index (κ2) is 7.25. The standard InChI is InChI=1S/C22H24BrNO/c1-2-3-13-25-17-11-12-21-20(14-17)18-5-4-6-19(18)22(24-21)15-7-9-16(23)10-8-15/h4-5,7-12,14,18-19,22,24H,2-3,6,13H2,1H3. The van der Waals surface area contributed by atoms with Gasteiger partial charge in [0.1, 0.15) is 5.75 Å². The SMILES string of the molecule is CCCCOc1ccc2c(c1)C1C=CCC1C(c1ccc(Br)cc1)N2. The zero-order chi connectivity index (χ0) is 17.2. The largest absolute Gasteiger partial charge is 0.494 e. The first-order chi connectivity index (χ1) is 12.3. The minimum Gasteiger partial charge on any atom is -0.494 e. The van der Waals surface area contributed by atoms with E-state index in [-0.39, 0.29) is 0 Å². The average Bonchev–Trinajstić information content (AvgIpc) is 3.12. The topological polar surface area (TPSA) is 21.3 Å². The molecule has 3 atom stereocenters. The molecule has 0 saturated heterocycles. The Kier molecular flexibility index (Phi) is 4.85. The van der Waals surface area contributed by atoms with E-state index in [1.54, 1.807) is 0 Å². The van der Waals surface area contributed by atoms with Crippen molar-refractivity contribution in [2.75, 3.05) is 11.9 Å². The van der Waals surface area contributed by atoms with E-state index in [1.165, 1.54) is 16.8 Å². The highest BCUT2D eigenvalue weighted by Gasteiger charge is 2.37. The number of hydrogen-bond acceptors (Lipinski definition) is 2. The molecule has 0 bridgehead atoms. The first-order valence-corrected chi connectivity index (χ1v) is 10.0. The summed E-state index contributed by atoms with van der Waals surface area (Å²) in [5, 5.41) is 3.79. The Hall–Kier alpha value is -1.74. The number of rotatable bonds is 5. The van der Waals surface area contributed by atoms with Gasteiger partial charge >= 0.3 is 0 Å². The van der Waals surface area contributed by atoms with E-state index in [4.69, 9.17) is 4.74 Å². The molecule has 3 heteroatoms. The van der Waals surface area contributed by atoms with E-state index in [0.29, 0.717) is 17.9 Å². The van der Waals surface area contributed by atoms with Crippen LogP contribution < -0.4 is 10.1 Å². The first-order valence-electron chi connectivity index (χ1n) is 9.21. The Morgan fingerprint density at radius 1 is 1.16 bits per heavy atom. The van der Waals surface area contributed by atoms with Crippen molar-refractivity contribution in [3.8, 4) is 5.75 Å². The summed E-state index contributed by atoms with van der Waals surface area (Å²) >= 11 is 3.54. The van der Waals surface area contributed by atoms with E-state index >= 15 is 0 Å². The fraction of sp³-hybridized carbons (Fsp3) is 0.364. The van der Waals surface area contributed by atoms with E-state index < -0.39 is 0 Å². The van der Waals surface area contributed by atoms with Crippen molar-refractivity contribution < 1.29 is 4.74 Å². The van der Waals surface area contributed by atoms with Gasteiger partial charge in [0.25, 0.3) is 0 Å². The van der Waals surface area contributed by atoms with Crippen molar-refractivity contribution in [2.24, 2.45) is 5.92 Å². The molecule has 2 aromatic carbocycles. The lowest BCUT2D eigenvalue weighted by Gasteiger charge is -2.37. The third-order valence-electron chi connectivity index (χ3n) is 5.33. The summed E-state index contributed by atoms with van der Waals surface area (Å²) in [5.41, 5.74) is 3.97. The number of halogens is 1. The summed E-state index contributed by atoms with van der Waals surface area (Å²) in [4.78, 5) is 0. The van der Waals surface area contributed by atoms with Crippen molar-refractivity contribution >= 4 is 21.6 Å². The number of allylic oxidation sites excluding steroid dienone is 2. The third-order valence-corrected chi connectivity index (χ3v) is 5.86. The second-order valence-electron chi connectivity index (χ2n) is 6.98. The molecule has 2 aromatic rings. The lowest BCUT2D eigenvalue weighted by atomic mass is 9.77. The maximum Gasteiger partial charge on any atom is 0.119 e. The molecule has 0 saturated carbocycles. The summed E-state index contributed by atoms with van der Waals surface area (Å²) in [5.74, 6) is 2.04. The van der Waals surface area contributed by atoms with Gasteiger partial charge in [0.2, 0.25) is 0 Å². The molecule has 0 fully saturated rings. The van der Waals surface area contributed by atoms with Crippen molar-refractivity contribution in [2.45, 2.75) is 38.1 Å². The molecule has 1 heterocycles. The van der Waals surface area contributed by atoms with Crippen LogP contribution in [0.15, 0.2) is 59.1 Å². The highest BCUT2D eigenvalue weighted by atomic mass is 79.9. The minimum absolute atomic E-state index is 0.354. The number of unbranched alkanes of at least 4 members (excludes halogenated alkanes) is 1. The molecule has 1 aliphatic heterocycles. The van der Waals surface area contributed by atoms with Crippen LogP contribution in [0.4, 0.5) is 5.69 Å². The Morgan fingerprint density at radius 3 is 2.80 bits per heavy atom. The first kappa shape index (κ1) is 16.7. The van der Waals surface area contributed by atoms with Crippen LogP contribution in [-0.4, -0.2) is 6.61 Å². The van der Waals surface area contributed by atoms with Gasteiger partial charge < -0.3 is 10.1 Å². The monoisotopic (exact) mass is 397 g/mol. The van der Waals surface area contributed by atoms with Crippen molar-refractivity contribution in [3.05, 3.63) is 70.2 Å². The van der Waals surface area contributed by atoms with Crippen LogP contribution in [0.2, 0.25) is 0 Å². The zero-order valence-electron chi connectivity index (χ0n) is 14.5. The number of anilines is 1. The van der Waals surface area contributed by atoms with E-state index in [1.807, 2.05) is 0 Å². The summed E-state index contributed by atoms with van der Waals surface area (Å²) < 4.78 is 7.06. The molecule has 0 aromatic heterocycles. The third kappa shape index (κ3) is 3.35. The van der Waals surface area contributed by atoms with Crippen LogP contribution in [0.5, 0.6) is 5.75 Å². The van der Waals surface area contributed by atoms with Gasteiger partial charge in [0.05, 0.1) is 12.6 Å². The van der Waals surface area contributed by atoms with Crippen LogP contribution in [-0.2, 0) is 0 Å². The molecule has 25 heavy (non-hydrogen) atoms. The van der Waals surface area contributed by atoms with Gasteiger partial charge in [-0.05, 0) is 60.2 Å². The normalized spacial score (nSPS) is 23.7. The molecule has 0 radical (unpaired) electrons. The fourth-order valence-electron chi connectivity index (χ4n) is 4.00. The minimum atomic E-state index is 0.354. The Morgan fingerprint density at radius 2 is 2.00 bits per heavy atom. The van der Waals surface area contributed by atoms with Crippen molar-refractivity contribution in [3.63, 3.8) is 0 Å². The summed E-state index contributed by atoms with van der Waals surface area (Å²) in [6, 6.07) is 15.6. The Bertz CT molecular complexity index is 768. The lowest BCUT2D eigenvalue weighted by molar-refractivity contribution is 0.308. The number of nitrogens with one attached hydrogen (secondary N) is 1. The molecule has 3 unspecified atom stereocenters. The quantitative estimate of drug-likeness (QED) is 0.461. The molecule has 0 amide bonds. The van der Waals surface area contributed by atoms with Gasteiger partial charge in [-0.1, -0.05) is 53.6 Å². The summed E-state index contributed by atoms with van der Waals surface area (Å²) in [6.07, 6.45) is 8.11. The number of benzene rings is 2. The second-order valence-corrected chi connectivity index (χ2v) is 7.89. The summed E-state index contributed by atoms with van der Waals surface area (Å²) in [6.45, 7) is 2.99. The molecular formula is C22H24BrNO. The van der Waals surface area contributed by atoms with E-state index in [2.05, 4.69) is 82.8 Å². The lowest BCUT2D eigenvalue weighted by Crippen LogP contribution is -2.29. The van der Waals surface area contributed by atoms with Gasteiger partial charge in [-0.15, -0.1) is 0 Å². The Balaban J connectivity index is 1.63. The van der Waals surface area contributed by atoms with Crippen molar-refractivity contribution in [1.29, 1.82) is 0 Å². The van der Waals surface area contributed by atoms with E-state index in [0.717, 1.165) is 36.1 Å². The Labute approximate surface area is 158 Å². The predicted molar refractivity (Wildman–Crippen MR) is 107 cm³/mol. The number of hydrogen-bond donors (Lipinski definition) is 1. The maximum absolute atomic E-state index is 5.93. The smallest absolute Gasteiger partial charge is 0.119 e. The number of fused-ring (bicyclic) bond motifs is 3. The van der Waals surface area contributed by atoms with Crippen LogP contribution in [0, 0.1) is 5.92 Å². The van der Waals surface area contributed by atoms with Crippen LogP contribution in [0.25, 0.3) is 0 Å². The predicted octanol–water partition coefficient (Wildman–Crippen LogP) is 6.45. The van der Waals surface area contributed by atoms with Crippen LogP contribution >= 0.6 is 15.9 Å². The molecular weight excluding hydrogens is 374 g/mol. The van der Waals surface area contributed by atoms with Crippen molar-refractivity contribution in [1.82, 2.24) is 0 Å². The summed E-state index contributed by atoms with van der Waals surface area (Å²) in [7, 11) is 0. The highest BCUT2D eigenvalue weighted by molar-refractivity contribution is 9.10. The van der Waals surface area contributed by atoms with Gasteiger partial charge in [0, 0.05) is 16.1 Å². The molecule has 4 rings (SSSR count). The molecule has 2 nitrogen and oxygen atoms in total. The van der Waals surface area contributed by atoms with Gasteiger partial charge in [-0.3, -0.25) is 0 Å².